The molecule has 0 spiro atoms. The second-order valence-electron chi connectivity index (χ2n) is 7.74. The number of benzene rings is 2. The molecule has 1 atom stereocenters. The van der Waals surface area contributed by atoms with E-state index in [1.807, 2.05) is 36.4 Å². The van der Waals surface area contributed by atoms with Crippen LogP contribution >= 0.6 is 23.1 Å². The number of nitrogens with one attached hydrogen (secondary N) is 1. The highest BCUT2D eigenvalue weighted by Crippen LogP contribution is 2.42. The molecule has 32 heavy (non-hydrogen) atoms. The predicted octanol–water partition coefficient (Wildman–Crippen LogP) is 6.32. The van der Waals surface area contributed by atoms with Crippen molar-refractivity contribution in [2.45, 2.75) is 43.4 Å². The Morgan fingerprint density at radius 2 is 1.81 bits per heavy atom. The number of rotatable bonds is 8. The predicted molar refractivity (Wildman–Crippen MR) is 132 cm³/mol. The first-order valence-corrected chi connectivity index (χ1v) is 12.8. The summed E-state index contributed by atoms with van der Waals surface area (Å²) in [7, 11) is 0. The van der Waals surface area contributed by atoms with Crippen molar-refractivity contribution < 1.29 is 14.3 Å². The summed E-state index contributed by atoms with van der Waals surface area (Å²) in [6, 6.07) is 20.6. The molecule has 2 aromatic carbocycles. The first-order valence-electron chi connectivity index (χ1n) is 11.0. The van der Waals surface area contributed by atoms with Gasteiger partial charge in [0.05, 0.1) is 12.2 Å². The van der Waals surface area contributed by atoms with Crippen molar-refractivity contribution in [3.8, 4) is 0 Å². The molecule has 1 amide bonds. The van der Waals surface area contributed by atoms with Gasteiger partial charge in [-0.25, -0.2) is 4.79 Å². The second-order valence-corrected chi connectivity index (χ2v) is 10.0. The van der Waals surface area contributed by atoms with Crippen molar-refractivity contribution in [3.05, 3.63) is 82.2 Å². The van der Waals surface area contributed by atoms with Crippen LogP contribution in [0, 0.1) is 0 Å². The number of fused-ring (bicyclic) bond motifs is 1. The Bertz CT molecular complexity index is 1060. The Balaban J connectivity index is 1.48. The van der Waals surface area contributed by atoms with Gasteiger partial charge in [0.1, 0.15) is 5.00 Å². The highest BCUT2D eigenvalue weighted by molar-refractivity contribution is 7.99. The number of esters is 1. The fourth-order valence-corrected chi connectivity index (χ4v) is 6.27. The van der Waals surface area contributed by atoms with Crippen LogP contribution in [0.1, 0.15) is 52.0 Å². The van der Waals surface area contributed by atoms with Gasteiger partial charge in [0, 0.05) is 21.9 Å². The van der Waals surface area contributed by atoms with Gasteiger partial charge in [0.25, 0.3) is 0 Å². The summed E-state index contributed by atoms with van der Waals surface area (Å²) < 4.78 is 5.34. The van der Waals surface area contributed by atoms with Crippen LogP contribution in [0.2, 0.25) is 0 Å². The van der Waals surface area contributed by atoms with Crippen LogP contribution in [0.25, 0.3) is 0 Å². The lowest BCUT2D eigenvalue weighted by Gasteiger charge is -2.23. The number of hydrogen-bond donors (Lipinski definition) is 1. The van der Waals surface area contributed by atoms with Crippen LogP contribution in [0.3, 0.4) is 0 Å². The van der Waals surface area contributed by atoms with Crippen molar-refractivity contribution in [2.75, 3.05) is 17.7 Å². The highest BCUT2D eigenvalue weighted by atomic mass is 32.2. The van der Waals surface area contributed by atoms with E-state index >= 15 is 0 Å². The highest BCUT2D eigenvalue weighted by Gasteiger charge is 2.30. The second kappa shape index (κ2) is 10.8. The third-order valence-corrected chi connectivity index (χ3v) is 7.79. The molecule has 4 nitrogen and oxygen atoms in total. The Hall–Kier alpha value is -2.57. The average Bonchev–Trinajstić information content (AvgIpc) is 3.17. The van der Waals surface area contributed by atoms with E-state index in [0.717, 1.165) is 29.7 Å². The molecular formula is C26H27NO3S2. The molecule has 0 saturated heterocycles. The van der Waals surface area contributed by atoms with Crippen LogP contribution in [0.15, 0.2) is 65.6 Å². The molecule has 4 rings (SSSR count). The average molecular weight is 466 g/mol. The lowest BCUT2D eigenvalue weighted by Crippen LogP contribution is -2.17. The first-order chi connectivity index (χ1) is 15.7. The quantitative estimate of drug-likeness (QED) is 0.312. The SMILES string of the molecule is CCOC(=O)c1c(NC(=O)CCSc2ccccc2)sc2c1CCC(c1ccccc1)C2. The number of carbonyl (C=O) groups excluding carboxylic acids is 2. The van der Waals surface area contributed by atoms with Gasteiger partial charge in [-0.1, -0.05) is 48.5 Å². The maximum Gasteiger partial charge on any atom is 0.341 e. The van der Waals surface area contributed by atoms with Crippen molar-refractivity contribution in [3.63, 3.8) is 0 Å². The van der Waals surface area contributed by atoms with Gasteiger partial charge in [0.15, 0.2) is 0 Å². The van der Waals surface area contributed by atoms with Crippen LogP contribution in [0.4, 0.5) is 5.00 Å². The largest absolute Gasteiger partial charge is 0.462 e. The molecule has 0 aliphatic heterocycles. The molecule has 1 aliphatic rings. The number of amides is 1. The number of ether oxygens (including phenoxy) is 1. The first kappa shape index (κ1) is 22.6. The molecular weight excluding hydrogens is 438 g/mol. The normalized spacial score (nSPS) is 15.1. The van der Waals surface area contributed by atoms with Crippen molar-refractivity contribution in [2.24, 2.45) is 0 Å². The molecule has 0 bridgehead atoms. The monoisotopic (exact) mass is 465 g/mol. The summed E-state index contributed by atoms with van der Waals surface area (Å²) in [5.41, 5.74) is 2.93. The van der Waals surface area contributed by atoms with Gasteiger partial charge in [0.2, 0.25) is 5.91 Å². The van der Waals surface area contributed by atoms with Gasteiger partial charge in [-0.15, -0.1) is 23.1 Å². The van der Waals surface area contributed by atoms with Gasteiger partial charge in [-0.05, 0) is 55.4 Å². The fraction of sp³-hybridized carbons (Fsp3) is 0.308. The minimum atomic E-state index is -0.336. The zero-order valence-electron chi connectivity index (χ0n) is 18.1. The molecule has 1 unspecified atom stereocenters. The smallest absolute Gasteiger partial charge is 0.341 e. The lowest BCUT2D eigenvalue weighted by molar-refractivity contribution is -0.115. The van der Waals surface area contributed by atoms with Crippen molar-refractivity contribution in [1.29, 1.82) is 0 Å². The zero-order chi connectivity index (χ0) is 22.3. The molecule has 0 fully saturated rings. The Kier molecular flexibility index (Phi) is 7.66. The number of anilines is 1. The van der Waals surface area contributed by atoms with E-state index in [4.69, 9.17) is 4.74 Å². The van der Waals surface area contributed by atoms with E-state index in [1.54, 1.807) is 18.7 Å². The Morgan fingerprint density at radius 1 is 1.09 bits per heavy atom. The topological polar surface area (TPSA) is 55.4 Å². The molecule has 3 aromatic rings. The third kappa shape index (κ3) is 5.43. The van der Waals surface area contributed by atoms with Gasteiger partial charge >= 0.3 is 5.97 Å². The van der Waals surface area contributed by atoms with Gasteiger partial charge in [-0.3, -0.25) is 4.79 Å². The third-order valence-electron chi connectivity index (χ3n) is 5.61. The zero-order valence-corrected chi connectivity index (χ0v) is 19.8. The van der Waals surface area contributed by atoms with E-state index in [-0.39, 0.29) is 11.9 Å². The van der Waals surface area contributed by atoms with E-state index in [0.29, 0.717) is 35.3 Å². The molecule has 1 heterocycles. The number of thiophene rings is 1. The summed E-state index contributed by atoms with van der Waals surface area (Å²) in [4.78, 5) is 27.8. The summed E-state index contributed by atoms with van der Waals surface area (Å²) >= 11 is 3.19. The standard InChI is InChI=1S/C26H27NO3S2/c1-2-30-26(29)24-21-14-13-19(18-9-5-3-6-10-18)17-22(21)32-25(24)27-23(28)15-16-31-20-11-7-4-8-12-20/h3-12,19H,2,13-17H2,1H3,(H,27,28). The minimum Gasteiger partial charge on any atom is -0.462 e. The lowest BCUT2D eigenvalue weighted by atomic mass is 9.83. The number of carbonyl (C=O) groups is 2. The Labute approximate surface area is 197 Å². The molecule has 6 heteroatoms. The molecule has 0 saturated carbocycles. The van der Waals surface area contributed by atoms with Crippen LogP contribution in [-0.4, -0.2) is 24.2 Å². The van der Waals surface area contributed by atoms with Crippen LogP contribution < -0.4 is 5.32 Å². The summed E-state index contributed by atoms with van der Waals surface area (Å²) in [5.74, 6) is 0.712. The molecule has 1 aliphatic carbocycles. The fourth-order valence-electron chi connectivity index (χ4n) is 4.07. The Morgan fingerprint density at radius 3 is 2.53 bits per heavy atom. The van der Waals surface area contributed by atoms with Gasteiger partial charge in [-0.2, -0.15) is 0 Å². The summed E-state index contributed by atoms with van der Waals surface area (Å²) in [6.45, 7) is 2.12. The minimum absolute atomic E-state index is 0.0721. The molecule has 166 valence electrons. The maximum atomic E-state index is 12.8. The summed E-state index contributed by atoms with van der Waals surface area (Å²) in [5, 5.41) is 3.65. The molecule has 0 radical (unpaired) electrons. The molecule has 1 N–H and O–H groups in total. The molecule has 1 aromatic heterocycles. The number of thioether (sulfide) groups is 1. The van der Waals surface area contributed by atoms with E-state index in [2.05, 4.69) is 29.6 Å². The van der Waals surface area contributed by atoms with E-state index < -0.39 is 0 Å². The van der Waals surface area contributed by atoms with Crippen LogP contribution in [-0.2, 0) is 22.4 Å². The van der Waals surface area contributed by atoms with E-state index in [1.165, 1.54) is 21.8 Å². The van der Waals surface area contributed by atoms with Crippen molar-refractivity contribution >= 4 is 40.0 Å². The summed E-state index contributed by atoms with van der Waals surface area (Å²) in [6.07, 6.45) is 3.08. The van der Waals surface area contributed by atoms with Crippen LogP contribution in [0.5, 0.6) is 0 Å². The van der Waals surface area contributed by atoms with E-state index in [9.17, 15) is 9.59 Å². The van der Waals surface area contributed by atoms with Crippen molar-refractivity contribution in [1.82, 2.24) is 0 Å². The maximum absolute atomic E-state index is 12.8. The van der Waals surface area contributed by atoms with Gasteiger partial charge < -0.3 is 10.1 Å². The number of hydrogen-bond acceptors (Lipinski definition) is 5.